The Hall–Kier alpha value is -3.85. The van der Waals surface area contributed by atoms with Gasteiger partial charge >= 0.3 is 0 Å². The van der Waals surface area contributed by atoms with Crippen LogP contribution in [-0.2, 0) is 26.0 Å². The lowest BCUT2D eigenvalue weighted by atomic mass is 9.96. The van der Waals surface area contributed by atoms with Crippen LogP contribution in [0.25, 0.3) is 6.08 Å². The van der Waals surface area contributed by atoms with Crippen molar-refractivity contribution in [2.24, 2.45) is 5.92 Å². The molecule has 3 aromatic rings. The molecule has 0 aliphatic rings. The molecular weight excluding hydrogens is 486 g/mol. The smallest absolute Gasteiger partial charge is 0.257 e. The minimum absolute atomic E-state index is 0.173. The van der Waals surface area contributed by atoms with Crippen LogP contribution >= 0.6 is 0 Å². The molecule has 6 nitrogen and oxygen atoms in total. The molecule has 0 radical (unpaired) electrons. The number of anilines is 1. The Bertz CT molecular complexity index is 1320. The van der Waals surface area contributed by atoms with Crippen LogP contribution in [-0.4, -0.2) is 26.3 Å². The Morgan fingerprint density at radius 3 is 2.00 bits per heavy atom. The summed E-state index contributed by atoms with van der Waals surface area (Å²) >= 11 is 0. The molecular formula is C27H26F2N2O4S. The van der Waals surface area contributed by atoms with Crippen LogP contribution in [0.3, 0.4) is 0 Å². The first kappa shape index (κ1) is 26.7. The quantitative estimate of drug-likeness (QED) is 0.422. The number of carbonyl (C=O) groups is 2. The zero-order chi connectivity index (χ0) is 26.3. The van der Waals surface area contributed by atoms with Crippen LogP contribution in [0.1, 0.15) is 25.0 Å². The van der Waals surface area contributed by atoms with Crippen molar-refractivity contribution in [1.29, 1.82) is 0 Å². The summed E-state index contributed by atoms with van der Waals surface area (Å²) in [5.74, 6) is -4.15. The van der Waals surface area contributed by atoms with Crippen molar-refractivity contribution in [2.45, 2.75) is 26.3 Å². The Morgan fingerprint density at radius 1 is 0.889 bits per heavy atom. The third-order valence-electron chi connectivity index (χ3n) is 5.31. The maximum Gasteiger partial charge on any atom is 0.257 e. The highest BCUT2D eigenvalue weighted by Gasteiger charge is 2.34. The minimum Gasteiger partial charge on any atom is -0.309 e. The van der Waals surface area contributed by atoms with Crippen molar-refractivity contribution < 1.29 is 26.8 Å². The van der Waals surface area contributed by atoms with E-state index in [9.17, 15) is 26.8 Å². The van der Waals surface area contributed by atoms with Crippen LogP contribution in [0.15, 0.2) is 84.3 Å². The molecule has 0 spiro atoms. The Balaban J connectivity index is 1.92. The maximum atomic E-state index is 13.6. The van der Waals surface area contributed by atoms with Gasteiger partial charge in [-0.3, -0.25) is 9.59 Å². The number of benzene rings is 3. The van der Waals surface area contributed by atoms with Crippen LogP contribution in [0, 0.1) is 17.6 Å². The molecule has 3 aromatic carbocycles. The number of rotatable bonds is 9. The SMILES string of the molecule is CC(C)N(C(=O)C(Cc1ccc(F)cc1)C(=O)NS(=O)(=O)C=Cc1ccccc1)c1ccc(F)cc1. The van der Waals surface area contributed by atoms with Crippen LogP contribution in [0.5, 0.6) is 0 Å². The second kappa shape index (κ2) is 11.7. The second-order valence-corrected chi connectivity index (χ2v) is 9.95. The van der Waals surface area contributed by atoms with Crippen molar-refractivity contribution in [3.8, 4) is 0 Å². The van der Waals surface area contributed by atoms with E-state index in [4.69, 9.17) is 0 Å². The van der Waals surface area contributed by atoms with Gasteiger partial charge in [0.25, 0.3) is 10.0 Å². The van der Waals surface area contributed by atoms with Crippen LogP contribution in [0.4, 0.5) is 14.5 Å². The van der Waals surface area contributed by atoms with Crippen molar-refractivity contribution in [1.82, 2.24) is 4.72 Å². The Kier molecular flexibility index (Phi) is 8.71. The van der Waals surface area contributed by atoms with E-state index in [-0.39, 0.29) is 6.42 Å². The van der Waals surface area contributed by atoms with Crippen molar-refractivity contribution in [3.63, 3.8) is 0 Å². The molecule has 9 heteroatoms. The normalized spacial score (nSPS) is 12.5. The summed E-state index contributed by atoms with van der Waals surface area (Å²) in [5, 5.41) is 0.847. The highest BCUT2D eigenvalue weighted by Crippen LogP contribution is 2.23. The Labute approximate surface area is 209 Å². The monoisotopic (exact) mass is 512 g/mol. The molecule has 0 bridgehead atoms. The van der Waals surface area contributed by atoms with E-state index >= 15 is 0 Å². The fourth-order valence-electron chi connectivity index (χ4n) is 3.58. The van der Waals surface area contributed by atoms with E-state index in [0.29, 0.717) is 16.8 Å². The van der Waals surface area contributed by atoms with Crippen molar-refractivity contribution in [3.05, 3.63) is 107 Å². The maximum absolute atomic E-state index is 13.6. The minimum atomic E-state index is -4.23. The lowest BCUT2D eigenvalue weighted by Crippen LogP contribution is -2.48. The van der Waals surface area contributed by atoms with E-state index in [1.54, 1.807) is 44.2 Å². The van der Waals surface area contributed by atoms with Gasteiger partial charge < -0.3 is 4.90 Å². The molecule has 1 unspecified atom stereocenters. The molecule has 0 heterocycles. The summed E-state index contributed by atoms with van der Waals surface area (Å²) in [4.78, 5) is 28.1. The molecule has 0 saturated heterocycles. The molecule has 0 aliphatic heterocycles. The first-order valence-corrected chi connectivity index (χ1v) is 12.7. The van der Waals surface area contributed by atoms with Crippen molar-refractivity contribution in [2.75, 3.05) is 4.90 Å². The third kappa shape index (κ3) is 7.32. The van der Waals surface area contributed by atoms with E-state index in [0.717, 1.165) is 5.41 Å². The molecule has 1 atom stereocenters. The molecule has 0 saturated carbocycles. The fourth-order valence-corrected chi connectivity index (χ4v) is 4.40. The van der Waals surface area contributed by atoms with Gasteiger partial charge in [-0.1, -0.05) is 42.5 Å². The number of hydrogen-bond donors (Lipinski definition) is 1. The summed E-state index contributed by atoms with van der Waals surface area (Å²) in [6, 6.07) is 18.6. The summed E-state index contributed by atoms with van der Waals surface area (Å²) in [6.45, 7) is 3.43. The highest BCUT2D eigenvalue weighted by molar-refractivity contribution is 7.93. The first-order chi connectivity index (χ1) is 17.1. The zero-order valence-electron chi connectivity index (χ0n) is 19.8. The van der Waals surface area contributed by atoms with Gasteiger partial charge in [-0.2, -0.15) is 0 Å². The van der Waals surface area contributed by atoms with Crippen LogP contribution in [0.2, 0.25) is 0 Å². The third-order valence-corrected chi connectivity index (χ3v) is 6.29. The molecule has 2 amide bonds. The number of nitrogens with one attached hydrogen (secondary N) is 1. The summed E-state index contributed by atoms with van der Waals surface area (Å²) < 4.78 is 54.1. The molecule has 0 aromatic heterocycles. The number of hydrogen-bond acceptors (Lipinski definition) is 4. The number of halogens is 2. The topological polar surface area (TPSA) is 83.6 Å². The number of amides is 2. The molecule has 1 N–H and O–H groups in total. The predicted molar refractivity (Wildman–Crippen MR) is 135 cm³/mol. The first-order valence-electron chi connectivity index (χ1n) is 11.2. The van der Waals surface area contributed by atoms with Gasteiger partial charge in [0.15, 0.2) is 0 Å². The Morgan fingerprint density at radius 2 is 1.44 bits per heavy atom. The lowest BCUT2D eigenvalue weighted by Gasteiger charge is -2.30. The lowest BCUT2D eigenvalue weighted by molar-refractivity contribution is -0.132. The van der Waals surface area contributed by atoms with Gasteiger partial charge in [-0.25, -0.2) is 21.9 Å². The standard InChI is InChI=1S/C27H26F2N2O4S/c1-19(2)31(24-14-12-23(29)13-15-24)27(33)25(18-21-8-10-22(28)11-9-21)26(32)30-36(34,35)17-16-20-6-4-3-5-7-20/h3-17,19,25H,18H2,1-2H3,(H,30,32). The van der Waals surface area contributed by atoms with Gasteiger partial charge in [-0.15, -0.1) is 0 Å². The molecule has 188 valence electrons. The highest BCUT2D eigenvalue weighted by atomic mass is 32.2. The predicted octanol–water partition coefficient (Wildman–Crippen LogP) is 4.68. The average molecular weight is 513 g/mol. The number of carbonyl (C=O) groups excluding carboxylic acids is 2. The van der Waals surface area contributed by atoms with E-state index in [1.165, 1.54) is 59.5 Å². The van der Waals surface area contributed by atoms with Crippen molar-refractivity contribution >= 4 is 33.6 Å². The summed E-state index contributed by atoms with van der Waals surface area (Å²) in [6.07, 6.45) is 1.15. The molecule has 0 fully saturated rings. The van der Waals surface area contributed by atoms with Gasteiger partial charge in [0, 0.05) is 11.7 Å². The van der Waals surface area contributed by atoms with Gasteiger partial charge in [-0.05, 0) is 73.9 Å². The fraction of sp³-hybridized carbons (Fsp3) is 0.185. The number of nitrogens with zero attached hydrogens (tertiary/aromatic N) is 1. The second-order valence-electron chi connectivity index (χ2n) is 8.39. The largest absolute Gasteiger partial charge is 0.309 e. The summed E-state index contributed by atoms with van der Waals surface area (Å²) in [7, 11) is -4.23. The average Bonchev–Trinajstić information content (AvgIpc) is 2.84. The van der Waals surface area contributed by atoms with Gasteiger partial charge in [0.1, 0.15) is 17.6 Å². The summed E-state index contributed by atoms with van der Waals surface area (Å²) in [5.41, 5.74) is 1.42. The van der Waals surface area contributed by atoms with E-state index in [2.05, 4.69) is 0 Å². The van der Waals surface area contributed by atoms with E-state index in [1.807, 2.05) is 4.72 Å². The molecule has 36 heavy (non-hydrogen) atoms. The number of sulfonamides is 1. The molecule has 3 rings (SSSR count). The van der Waals surface area contributed by atoms with Gasteiger partial charge in [0.05, 0.1) is 5.41 Å². The molecule has 0 aliphatic carbocycles. The zero-order valence-corrected chi connectivity index (χ0v) is 20.6. The van der Waals surface area contributed by atoms with Gasteiger partial charge in [0.2, 0.25) is 11.8 Å². The van der Waals surface area contributed by atoms with Crippen LogP contribution < -0.4 is 9.62 Å². The van der Waals surface area contributed by atoms with E-state index < -0.39 is 45.4 Å².